The number of hydrogen-bond donors (Lipinski definition) is 0. The minimum Gasteiger partial charge on any atom is -0.340 e. The molecule has 0 aliphatic carbocycles. The van der Waals surface area contributed by atoms with Crippen LogP contribution in [-0.2, 0) is 27.8 Å². The highest BCUT2D eigenvalue weighted by Gasteiger charge is 2.26. The topological polar surface area (TPSA) is 75.5 Å². The number of carbonyl (C=O) groups excluding carboxylic acids is 1. The van der Waals surface area contributed by atoms with E-state index >= 15 is 0 Å². The molecule has 1 aromatic rings. The fraction of sp³-hybridized carbons (Fsp3) is 0.765. The van der Waals surface area contributed by atoms with Crippen molar-refractivity contribution in [2.24, 2.45) is 5.92 Å². The first-order valence-electron chi connectivity index (χ1n) is 8.85. The summed E-state index contributed by atoms with van der Waals surface area (Å²) in [6.45, 7) is 11.0. The molecule has 0 spiro atoms. The van der Waals surface area contributed by atoms with Crippen molar-refractivity contribution in [3.05, 3.63) is 17.0 Å². The van der Waals surface area contributed by atoms with Crippen molar-refractivity contribution >= 4 is 15.9 Å². The fourth-order valence-electron chi connectivity index (χ4n) is 3.28. The Morgan fingerprint density at radius 1 is 1.16 bits per heavy atom. The quantitative estimate of drug-likeness (QED) is 0.754. The van der Waals surface area contributed by atoms with Gasteiger partial charge < -0.3 is 4.90 Å². The molecule has 0 atom stereocenters. The number of sulfonamides is 1. The lowest BCUT2D eigenvalue weighted by molar-refractivity contribution is -0.132. The Kier molecular flexibility index (Phi) is 6.26. The molecule has 0 aromatic carbocycles. The monoisotopic (exact) mass is 370 g/mol. The van der Waals surface area contributed by atoms with Gasteiger partial charge in [-0.15, -0.1) is 0 Å². The smallest absolute Gasteiger partial charge is 0.222 e. The van der Waals surface area contributed by atoms with Crippen molar-refractivity contribution in [1.82, 2.24) is 19.0 Å². The van der Waals surface area contributed by atoms with E-state index in [1.54, 1.807) is 4.90 Å². The van der Waals surface area contributed by atoms with E-state index in [9.17, 15) is 13.2 Å². The third-order valence-corrected chi connectivity index (χ3v) is 6.02. The van der Waals surface area contributed by atoms with E-state index in [0.29, 0.717) is 44.9 Å². The lowest BCUT2D eigenvalue weighted by atomic mass is 10.1. The van der Waals surface area contributed by atoms with Gasteiger partial charge in [0.25, 0.3) is 0 Å². The molecule has 0 bridgehead atoms. The standard InChI is InChI=1S/C17H30N4O3S/c1-13(2)12-21-15(4)16(14(3)18-21)6-7-17(22)19-8-10-20(11-9-19)25(5,23)24/h13H,6-12H2,1-5H3. The van der Waals surface area contributed by atoms with E-state index in [0.717, 1.165) is 23.5 Å². The minimum atomic E-state index is -3.16. The van der Waals surface area contributed by atoms with E-state index in [-0.39, 0.29) is 5.91 Å². The van der Waals surface area contributed by atoms with Crippen molar-refractivity contribution in [2.45, 2.75) is 47.1 Å². The number of piperazine rings is 1. The van der Waals surface area contributed by atoms with Crippen molar-refractivity contribution < 1.29 is 13.2 Å². The van der Waals surface area contributed by atoms with Gasteiger partial charge in [-0.3, -0.25) is 9.48 Å². The average molecular weight is 371 g/mol. The van der Waals surface area contributed by atoms with Gasteiger partial charge in [-0.05, 0) is 31.7 Å². The van der Waals surface area contributed by atoms with Gasteiger partial charge in [-0.1, -0.05) is 13.8 Å². The molecule has 8 heteroatoms. The van der Waals surface area contributed by atoms with E-state index in [4.69, 9.17) is 0 Å². The zero-order valence-corrected chi connectivity index (χ0v) is 16.8. The van der Waals surface area contributed by atoms with Crippen LogP contribution in [0, 0.1) is 19.8 Å². The van der Waals surface area contributed by atoms with Crippen LogP contribution in [0.3, 0.4) is 0 Å². The van der Waals surface area contributed by atoms with Gasteiger partial charge in [-0.25, -0.2) is 8.42 Å². The molecule has 1 amide bonds. The van der Waals surface area contributed by atoms with E-state index in [1.807, 2.05) is 11.6 Å². The molecule has 0 radical (unpaired) electrons. The van der Waals surface area contributed by atoms with Crippen molar-refractivity contribution in [2.75, 3.05) is 32.4 Å². The normalized spacial score (nSPS) is 16.6. The first-order valence-corrected chi connectivity index (χ1v) is 10.7. The van der Waals surface area contributed by atoms with Crippen LogP contribution in [0.4, 0.5) is 0 Å². The summed E-state index contributed by atoms with van der Waals surface area (Å²) in [5.41, 5.74) is 3.29. The highest BCUT2D eigenvalue weighted by atomic mass is 32.2. The van der Waals surface area contributed by atoms with Crippen molar-refractivity contribution in [1.29, 1.82) is 0 Å². The molecule has 1 aliphatic rings. The highest BCUT2D eigenvalue weighted by Crippen LogP contribution is 2.17. The average Bonchev–Trinajstić information content (AvgIpc) is 2.77. The molecule has 25 heavy (non-hydrogen) atoms. The summed E-state index contributed by atoms with van der Waals surface area (Å²) in [6, 6.07) is 0. The number of aryl methyl sites for hydroxylation is 1. The molecular formula is C17H30N4O3S. The van der Waals surface area contributed by atoms with Crippen LogP contribution in [0.2, 0.25) is 0 Å². The molecule has 0 saturated carbocycles. The molecule has 1 saturated heterocycles. The summed E-state index contributed by atoms with van der Waals surface area (Å²) >= 11 is 0. The minimum absolute atomic E-state index is 0.0866. The van der Waals surface area contributed by atoms with Gasteiger partial charge in [0, 0.05) is 44.8 Å². The zero-order chi connectivity index (χ0) is 18.8. The lowest BCUT2D eigenvalue weighted by Crippen LogP contribution is -2.50. The van der Waals surface area contributed by atoms with Crippen LogP contribution in [0.1, 0.15) is 37.2 Å². The van der Waals surface area contributed by atoms with Crippen LogP contribution in [0.25, 0.3) is 0 Å². The molecule has 7 nitrogen and oxygen atoms in total. The summed E-state index contributed by atoms with van der Waals surface area (Å²) in [5.74, 6) is 0.613. The Balaban J connectivity index is 1.92. The number of amides is 1. The van der Waals surface area contributed by atoms with Gasteiger partial charge >= 0.3 is 0 Å². The van der Waals surface area contributed by atoms with E-state index in [1.165, 1.54) is 10.6 Å². The first-order chi connectivity index (χ1) is 11.6. The number of nitrogens with zero attached hydrogens (tertiary/aromatic N) is 4. The van der Waals surface area contributed by atoms with Crippen molar-refractivity contribution in [3.8, 4) is 0 Å². The predicted molar refractivity (Wildman–Crippen MR) is 97.9 cm³/mol. The fourth-order valence-corrected chi connectivity index (χ4v) is 4.11. The molecule has 1 aromatic heterocycles. The van der Waals surface area contributed by atoms with E-state index in [2.05, 4.69) is 25.9 Å². The van der Waals surface area contributed by atoms with Crippen LogP contribution >= 0.6 is 0 Å². The molecular weight excluding hydrogens is 340 g/mol. The molecule has 1 fully saturated rings. The van der Waals surface area contributed by atoms with E-state index < -0.39 is 10.0 Å². The van der Waals surface area contributed by atoms with Crippen LogP contribution in [-0.4, -0.2) is 65.7 Å². The summed E-state index contributed by atoms with van der Waals surface area (Å²) in [4.78, 5) is 14.2. The molecule has 0 N–H and O–H groups in total. The third-order valence-electron chi connectivity index (χ3n) is 4.72. The Labute approximate surface area is 151 Å². The Hall–Kier alpha value is -1.41. The predicted octanol–water partition coefficient (Wildman–Crippen LogP) is 1.19. The molecule has 2 heterocycles. The van der Waals surface area contributed by atoms with Gasteiger partial charge in [0.1, 0.15) is 0 Å². The molecule has 142 valence electrons. The first kappa shape index (κ1) is 19.9. The number of rotatable bonds is 6. The molecule has 0 unspecified atom stereocenters. The number of aromatic nitrogens is 2. The van der Waals surface area contributed by atoms with Crippen LogP contribution < -0.4 is 0 Å². The second-order valence-corrected chi connectivity index (χ2v) is 9.25. The maximum absolute atomic E-state index is 12.5. The Morgan fingerprint density at radius 3 is 2.28 bits per heavy atom. The summed E-state index contributed by atoms with van der Waals surface area (Å²) in [6.07, 6.45) is 2.33. The maximum Gasteiger partial charge on any atom is 0.222 e. The second-order valence-electron chi connectivity index (χ2n) is 7.27. The SMILES string of the molecule is Cc1nn(CC(C)C)c(C)c1CCC(=O)N1CCN(S(C)(=O)=O)CC1. The van der Waals surface area contributed by atoms with Crippen LogP contribution in [0.15, 0.2) is 0 Å². The second kappa shape index (κ2) is 7.86. The van der Waals surface area contributed by atoms with Gasteiger partial charge in [0.2, 0.25) is 15.9 Å². The molecule has 2 rings (SSSR count). The largest absolute Gasteiger partial charge is 0.340 e. The van der Waals surface area contributed by atoms with Gasteiger partial charge in [0.15, 0.2) is 0 Å². The third kappa shape index (κ3) is 5.04. The summed E-state index contributed by atoms with van der Waals surface area (Å²) in [7, 11) is -3.16. The Bertz CT molecular complexity index is 716. The van der Waals surface area contributed by atoms with Gasteiger partial charge in [-0.2, -0.15) is 9.40 Å². The lowest BCUT2D eigenvalue weighted by Gasteiger charge is -2.33. The maximum atomic E-state index is 12.5. The number of carbonyl (C=O) groups is 1. The zero-order valence-electron chi connectivity index (χ0n) is 15.9. The van der Waals surface area contributed by atoms with Crippen molar-refractivity contribution in [3.63, 3.8) is 0 Å². The molecule has 1 aliphatic heterocycles. The van der Waals surface area contributed by atoms with Gasteiger partial charge in [0.05, 0.1) is 11.9 Å². The summed E-state index contributed by atoms with van der Waals surface area (Å²) < 4.78 is 26.5. The summed E-state index contributed by atoms with van der Waals surface area (Å²) in [5, 5.41) is 4.60. The van der Waals surface area contributed by atoms with Crippen LogP contribution in [0.5, 0.6) is 0 Å². The number of hydrogen-bond acceptors (Lipinski definition) is 4. The Morgan fingerprint density at radius 2 is 1.76 bits per heavy atom. The highest BCUT2D eigenvalue weighted by molar-refractivity contribution is 7.88.